The van der Waals surface area contributed by atoms with Gasteiger partial charge in [-0.25, -0.2) is 8.42 Å². The van der Waals surface area contributed by atoms with E-state index in [0.717, 1.165) is 22.6 Å². The molecule has 28 heavy (non-hydrogen) atoms. The van der Waals surface area contributed by atoms with Crippen LogP contribution in [0, 0.1) is 10.1 Å². The van der Waals surface area contributed by atoms with Crippen molar-refractivity contribution in [1.82, 2.24) is 0 Å². The molecule has 1 aliphatic rings. The molecule has 0 radical (unpaired) electrons. The first-order chi connectivity index (χ1) is 13.4. The van der Waals surface area contributed by atoms with Crippen molar-refractivity contribution in [3.8, 4) is 0 Å². The van der Waals surface area contributed by atoms with Gasteiger partial charge >= 0.3 is 5.00 Å². The van der Waals surface area contributed by atoms with E-state index < -0.39 is 14.9 Å². The van der Waals surface area contributed by atoms with Gasteiger partial charge in [0.2, 0.25) is 0 Å². The molecular weight excluding hydrogens is 398 g/mol. The predicted octanol–water partition coefficient (Wildman–Crippen LogP) is 4.16. The molecule has 0 aliphatic carbocycles. The first-order valence-electron chi connectivity index (χ1n) is 8.44. The van der Waals surface area contributed by atoms with E-state index in [1.807, 2.05) is 24.3 Å². The fraction of sp³-hybridized carbons (Fsp3) is 0.105. The van der Waals surface area contributed by atoms with Crippen LogP contribution in [0.1, 0.15) is 10.4 Å². The highest BCUT2D eigenvalue weighted by molar-refractivity contribution is 7.92. The molecule has 0 atom stereocenters. The van der Waals surface area contributed by atoms with Crippen LogP contribution in [0.3, 0.4) is 0 Å². The number of nitrogens with zero attached hydrogens (tertiary/aromatic N) is 3. The molecule has 1 aliphatic heterocycles. The molecule has 2 aromatic carbocycles. The Kier molecular flexibility index (Phi) is 4.70. The van der Waals surface area contributed by atoms with Gasteiger partial charge in [-0.15, -0.1) is 0 Å². The number of aliphatic imine (C=N–C) groups is 1. The van der Waals surface area contributed by atoms with Gasteiger partial charge in [0.25, 0.3) is 10.0 Å². The fourth-order valence-electron chi connectivity index (χ4n) is 3.04. The zero-order chi connectivity index (χ0) is 19.7. The SMILES string of the molecule is O=[N+]([O-])c1ccc(C=Nc2ccc(S(=O)(=O)N3CCc4ccccc43)cc2)s1. The van der Waals surface area contributed by atoms with Crippen LogP contribution in [0.15, 0.2) is 70.6 Å². The Labute approximate surface area is 165 Å². The van der Waals surface area contributed by atoms with Crippen LogP contribution >= 0.6 is 11.3 Å². The van der Waals surface area contributed by atoms with Crippen LogP contribution in [0.25, 0.3) is 0 Å². The Balaban J connectivity index is 1.54. The third-order valence-corrected chi connectivity index (χ3v) is 7.20. The molecular formula is C19H15N3O4S2. The maximum Gasteiger partial charge on any atom is 0.324 e. The molecule has 0 N–H and O–H groups in total. The van der Waals surface area contributed by atoms with Crippen molar-refractivity contribution in [3.05, 3.63) is 81.2 Å². The van der Waals surface area contributed by atoms with E-state index in [1.54, 1.807) is 18.2 Å². The molecule has 0 bridgehead atoms. The van der Waals surface area contributed by atoms with Crippen LogP contribution in [0.4, 0.5) is 16.4 Å². The molecule has 9 heteroatoms. The van der Waals surface area contributed by atoms with Crippen molar-refractivity contribution in [2.24, 2.45) is 4.99 Å². The van der Waals surface area contributed by atoms with Crippen LogP contribution in [-0.4, -0.2) is 26.1 Å². The summed E-state index contributed by atoms with van der Waals surface area (Å²) in [6.07, 6.45) is 2.22. The second-order valence-corrected chi connectivity index (χ2v) is 9.10. The van der Waals surface area contributed by atoms with Gasteiger partial charge in [0.05, 0.1) is 26.1 Å². The van der Waals surface area contributed by atoms with Gasteiger partial charge in [0.15, 0.2) is 0 Å². The van der Waals surface area contributed by atoms with E-state index in [4.69, 9.17) is 0 Å². The molecule has 0 spiro atoms. The Bertz CT molecular complexity index is 1170. The third-order valence-electron chi connectivity index (χ3n) is 4.40. The lowest BCUT2D eigenvalue weighted by Crippen LogP contribution is -2.29. The molecule has 0 unspecified atom stereocenters. The van der Waals surface area contributed by atoms with Gasteiger partial charge in [-0.3, -0.25) is 19.4 Å². The van der Waals surface area contributed by atoms with E-state index >= 15 is 0 Å². The molecule has 1 aromatic heterocycles. The fourth-order valence-corrected chi connectivity index (χ4v) is 5.23. The minimum absolute atomic E-state index is 0.0498. The van der Waals surface area contributed by atoms with Gasteiger partial charge in [-0.2, -0.15) is 0 Å². The highest BCUT2D eigenvalue weighted by Gasteiger charge is 2.30. The van der Waals surface area contributed by atoms with Gasteiger partial charge in [-0.05, 0) is 48.4 Å². The smallest absolute Gasteiger partial charge is 0.266 e. The van der Waals surface area contributed by atoms with E-state index in [1.165, 1.54) is 28.7 Å². The Morgan fingerprint density at radius 3 is 2.54 bits per heavy atom. The van der Waals surface area contributed by atoms with Gasteiger partial charge in [0, 0.05) is 18.8 Å². The summed E-state index contributed by atoms with van der Waals surface area (Å²) >= 11 is 1.03. The van der Waals surface area contributed by atoms with Gasteiger partial charge in [-0.1, -0.05) is 29.5 Å². The molecule has 2 heterocycles. The number of sulfonamides is 1. The van der Waals surface area contributed by atoms with Crippen LogP contribution in [0.2, 0.25) is 0 Å². The van der Waals surface area contributed by atoms with Crippen molar-refractivity contribution in [2.75, 3.05) is 10.8 Å². The van der Waals surface area contributed by atoms with E-state index in [-0.39, 0.29) is 9.90 Å². The lowest BCUT2D eigenvalue weighted by Gasteiger charge is -2.19. The monoisotopic (exact) mass is 413 g/mol. The number of nitro groups is 1. The van der Waals surface area contributed by atoms with Crippen molar-refractivity contribution >= 4 is 44.0 Å². The first kappa shape index (κ1) is 18.3. The second-order valence-electron chi connectivity index (χ2n) is 6.14. The standard InChI is InChI=1S/C19H15N3O4S2/c23-22(24)19-10-7-16(27-19)13-20-15-5-8-17(9-6-15)28(25,26)21-12-11-14-3-1-2-4-18(14)21/h1-10,13H,11-12H2. The molecule has 0 saturated heterocycles. The number of thiophene rings is 1. The van der Waals surface area contributed by atoms with Crippen molar-refractivity contribution < 1.29 is 13.3 Å². The van der Waals surface area contributed by atoms with E-state index in [0.29, 0.717) is 23.5 Å². The number of benzene rings is 2. The molecule has 0 saturated carbocycles. The van der Waals surface area contributed by atoms with E-state index in [9.17, 15) is 18.5 Å². The highest BCUT2D eigenvalue weighted by atomic mass is 32.2. The van der Waals surface area contributed by atoms with Crippen LogP contribution in [-0.2, 0) is 16.4 Å². The van der Waals surface area contributed by atoms with E-state index in [2.05, 4.69) is 4.99 Å². The largest absolute Gasteiger partial charge is 0.324 e. The zero-order valence-corrected chi connectivity index (χ0v) is 16.2. The second kappa shape index (κ2) is 7.17. The zero-order valence-electron chi connectivity index (χ0n) is 14.6. The Hall–Kier alpha value is -3.04. The molecule has 142 valence electrons. The summed E-state index contributed by atoms with van der Waals surface area (Å²) in [6.45, 7) is 0.429. The minimum atomic E-state index is -3.63. The molecule has 7 nitrogen and oxygen atoms in total. The summed E-state index contributed by atoms with van der Waals surface area (Å²) in [5.41, 5.74) is 2.32. The molecule has 3 aromatic rings. The summed E-state index contributed by atoms with van der Waals surface area (Å²) in [4.78, 5) is 15.4. The Morgan fingerprint density at radius 1 is 1.07 bits per heavy atom. The lowest BCUT2D eigenvalue weighted by atomic mass is 10.2. The maximum absolute atomic E-state index is 13.0. The summed E-state index contributed by atoms with van der Waals surface area (Å²) in [6, 6.07) is 16.8. The maximum atomic E-state index is 13.0. The Morgan fingerprint density at radius 2 is 1.82 bits per heavy atom. The van der Waals surface area contributed by atoms with Crippen LogP contribution < -0.4 is 4.31 Å². The average Bonchev–Trinajstić information content (AvgIpc) is 3.34. The molecule has 0 fully saturated rings. The van der Waals surface area contributed by atoms with Crippen molar-refractivity contribution in [1.29, 1.82) is 0 Å². The van der Waals surface area contributed by atoms with Gasteiger partial charge in [0.1, 0.15) is 0 Å². The number of anilines is 1. The predicted molar refractivity (Wildman–Crippen MR) is 109 cm³/mol. The van der Waals surface area contributed by atoms with Crippen LogP contribution in [0.5, 0.6) is 0 Å². The number of fused-ring (bicyclic) bond motifs is 1. The van der Waals surface area contributed by atoms with Crippen molar-refractivity contribution in [2.45, 2.75) is 11.3 Å². The number of hydrogen-bond donors (Lipinski definition) is 0. The third kappa shape index (κ3) is 3.41. The summed E-state index contributed by atoms with van der Waals surface area (Å²) < 4.78 is 27.4. The lowest BCUT2D eigenvalue weighted by molar-refractivity contribution is -0.380. The summed E-state index contributed by atoms with van der Waals surface area (Å²) in [5, 5.41) is 10.8. The topological polar surface area (TPSA) is 92.9 Å². The summed E-state index contributed by atoms with van der Waals surface area (Å²) in [7, 11) is -3.63. The number of hydrogen-bond acceptors (Lipinski definition) is 6. The average molecular weight is 413 g/mol. The minimum Gasteiger partial charge on any atom is -0.266 e. The first-order valence-corrected chi connectivity index (χ1v) is 10.7. The normalized spacial score (nSPS) is 13.8. The molecule has 0 amide bonds. The van der Waals surface area contributed by atoms with Gasteiger partial charge < -0.3 is 0 Å². The highest BCUT2D eigenvalue weighted by Crippen LogP contribution is 2.33. The van der Waals surface area contributed by atoms with Crippen molar-refractivity contribution in [3.63, 3.8) is 0 Å². The quantitative estimate of drug-likeness (QED) is 0.357. The number of rotatable bonds is 5. The number of para-hydroxylation sites is 1. The summed E-state index contributed by atoms with van der Waals surface area (Å²) in [5.74, 6) is 0. The molecule has 4 rings (SSSR count).